The molecule has 0 aromatic heterocycles. The lowest BCUT2D eigenvalue weighted by Crippen LogP contribution is -2.23. The second kappa shape index (κ2) is 9.80. The summed E-state index contributed by atoms with van der Waals surface area (Å²) in [6.45, 7) is 1.31. The van der Waals surface area contributed by atoms with Crippen molar-refractivity contribution in [2.75, 3.05) is 6.61 Å². The Hall–Kier alpha value is -1.52. The van der Waals surface area contributed by atoms with E-state index >= 15 is 0 Å². The maximum absolute atomic E-state index is 14.5. The Morgan fingerprint density at radius 3 is 2.36 bits per heavy atom. The third-order valence-electron chi connectivity index (χ3n) is 6.46. The standard InChI is InChI=1S/C23H30F4O/c1-2-3-15-4-6-16(7-5-15)17-8-10-18(11-9-17)19-12-13-20(23(27)22(19)26)28-14-21(24)25/h10,12-13,15-17,21H,2-9,11,14H2,1H3/t15-,16-,17?. The number of alkyl halides is 2. The van der Waals surface area contributed by atoms with Gasteiger partial charge in [0, 0.05) is 5.56 Å². The largest absolute Gasteiger partial charge is 0.484 e. The summed E-state index contributed by atoms with van der Waals surface area (Å²) >= 11 is 0. The second-order valence-corrected chi connectivity index (χ2v) is 8.27. The Morgan fingerprint density at radius 2 is 1.75 bits per heavy atom. The molecule has 1 aromatic carbocycles. The summed E-state index contributed by atoms with van der Waals surface area (Å²) in [5.74, 6) is -0.379. The van der Waals surface area contributed by atoms with Crippen molar-refractivity contribution in [1.29, 1.82) is 0 Å². The molecular formula is C23H30F4O. The molecule has 1 saturated carbocycles. The number of rotatable bonds is 7. The smallest absolute Gasteiger partial charge is 0.272 e. The number of hydrogen-bond acceptors (Lipinski definition) is 1. The Kier molecular flexibility index (Phi) is 7.42. The number of hydrogen-bond donors (Lipinski definition) is 0. The summed E-state index contributed by atoms with van der Waals surface area (Å²) in [6.07, 6.45) is 9.78. The Bertz CT molecular complexity index is 677. The monoisotopic (exact) mass is 398 g/mol. The lowest BCUT2D eigenvalue weighted by molar-refractivity contribution is 0.0795. The predicted octanol–water partition coefficient (Wildman–Crippen LogP) is 7.40. The van der Waals surface area contributed by atoms with Crippen molar-refractivity contribution in [2.45, 2.75) is 71.1 Å². The van der Waals surface area contributed by atoms with Gasteiger partial charge in [0.05, 0.1) is 0 Å². The van der Waals surface area contributed by atoms with Crippen molar-refractivity contribution in [3.8, 4) is 5.75 Å². The van der Waals surface area contributed by atoms with Gasteiger partial charge in [-0.2, -0.15) is 4.39 Å². The van der Waals surface area contributed by atoms with Crippen LogP contribution in [0.15, 0.2) is 18.2 Å². The van der Waals surface area contributed by atoms with Crippen molar-refractivity contribution >= 4 is 5.57 Å². The van der Waals surface area contributed by atoms with E-state index in [2.05, 4.69) is 11.7 Å². The Balaban J connectivity index is 1.61. The van der Waals surface area contributed by atoms with Gasteiger partial charge in [-0.15, -0.1) is 0 Å². The summed E-state index contributed by atoms with van der Waals surface area (Å²) < 4.78 is 57.7. The first-order valence-electron chi connectivity index (χ1n) is 10.6. The lowest BCUT2D eigenvalue weighted by Gasteiger charge is -2.35. The van der Waals surface area contributed by atoms with Gasteiger partial charge in [-0.05, 0) is 67.6 Å². The van der Waals surface area contributed by atoms with Crippen molar-refractivity contribution in [2.24, 2.45) is 17.8 Å². The SMILES string of the molecule is CCC[C@H]1CC[C@H](C2CC=C(c3ccc(OCC(F)F)c(F)c3F)CC2)CC1. The minimum Gasteiger partial charge on any atom is -0.484 e. The number of benzene rings is 1. The van der Waals surface area contributed by atoms with Gasteiger partial charge in [-0.25, -0.2) is 13.2 Å². The van der Waals surface area contributed by atoms with Crippen LogP contribution in [0.4, 0.5) is 17.6 Å². The van der Waals surface area contributed by atoms with Gasteiger partial charge >= 0.3 is 0 Å². The zero-order valence-corrected chi connectivity index (χ0v) is 16.5. The molecule has 1 unspecified atom stereocenters. The van der Waals surface area contributed by atoms with E-state index in [-0.39, 0.29) is 5.56 Å². The van der Waals surface area contributed by atoms with Gasteiger partial charge < -0.3 is 4.74 Å². The quantitative estimate of drug-likeness (QED) is 0.435. The van der Waals surface area contributed by atoms with E-state index < -0.39 is 30.4 Å². The molecule has 0 N–H and O–H groups in total. The number of ether oxygens (including phenoxy) is 1. The van der Waals surface area contributed by atoms with Crippen LogP contribution in [0, 0.1) is 29.4 Å². The first-order chi connectivity index (χ1) is 13.5. The fourth-order valence-electron chi connectivity index (χ4n) is 4.93. The molecular weight excluding hydrogens is 368 g/mol. The van der Waals surface area contributed by atoms with E-state index in [1.54, 1.807) is 0 Å². The highest BCUT2D eigenvalue weighted by atomic mass is 19.3. The van der Waals surface area contributed by atoms with E-state index in [0.29, 0.717) is 5.92 Å². The molecule has 1 aromatic rings. The van der Waals surface area contributed by atoms with Gasteiger partial charge in [0.2, 0.25) is 5.82 Å². The highest BCUT2D eigenvalue weighted by Crippen LogP contribution is 2.42. The van der Waals surface area contributed by atoms with Crippen LogP contribution >= 0.6 is 0 Å². The molecule has 0 heterocycles. The summed E-state index contributed by atoms with van der Waals surface area (Å²) in [5, 5.41) is 0. The molecule has 0 bridgehead atoms. The van der Waals surface area contributed by atoms with Crippen molar-refractivity contribution in [3.63, 3.8) is 0 Å². The zero-order chi connectivity index (χ0) is 20.1. The summed E-state index contributed by atoms with van der Waals surface area (Å²) in [7, 11) is 0. The van der Waals surface area contributed by atoms with Gasteiger partial charge in [-0.3, -0.25) is 0 Å². The van der Waals surface area contributed by atoms with Gasteiger partial charge in [0.25, 0.3) is 6.43 Å². The van der Waals surface area contributed by atoms with E-state index in [1.807, 2.05) is 6.08 Å². The molecule has 0 saturated heterocycles. The predicted molar refractivity (Wildman–Crippen MR) is 104 cm³/mol. The Morgan fingerprint density at radius 1 is 1.00 bits per heavy atom. The van der Waals surface area contributed by atoms with Gasteiger partial charge in [-0.1, -0.05) is 38.7 Å². The summed E-state index contributed by atoms with van der Waals surface area (Å²) in [4.78, 5) is 0. The molecule has 0 amide bonds. The van der Waals surface area contributed by atoms with Crippen LogP contribution in [0.2, 0.25) is 0 Å². The molecule has 5 heteroatoms. The first-order valence-corrected chi connectivity index (χ1v) is 10.6. The molecule has 3 rings (SSSR count). The highest BCUT2D eigenvalue weighted by molar-refractivity contribution is 5.67. The van der Waals surface area contributed by atoms with E-state index in [4.69, 9.17) is 0 Å². The third-order valence-corrected chi connectivity index (χ3v) is 6.46. The van der Waals surface area contributed by atoms with Crippen molar-refractivity contribution in [3.05, 3.63) is 35.4 Å². The van der Waals surface area contributed by atoms with Crippen LogP contribution < -0.4 is 4.74 Å². The molecule has 156 valence electrons. The molecule has 1 fully saturated rings. The molecule has 28 heavy (non-hydrogen) atoms. The Labute approximate surface area is 165 Å². The minimum atomic E-state index is -2.72. The average molecular weight is 398 g/mol. The normalized spacial score (nSPS) is 25.6. The lowest BCUT2D eigenvalue weighted by atomic mass is 9.70. The van der Waals surface area contributed by atoms with Gasteiger partial charge in [0.1, 0.15) is 6.61 Å². The molecule has 2 aliphatic rings. The van der Waals surface area contributed by atoms with Crippen LogP contribution in [-0.2, 0) is 0 Å². The molecule has 1 atom stereocenters. The maximum atomic E-state index is 14.5. The summed E-state index contributed by atoms with van der Waals surface area (Å²) in [6, 6.07) is 2.69. The minimum absolute atomic E-state index is 0.229. The average Bonchev–Trinajstić information content (AvgIpc) is 2.70. The topological polar surface area (TPSA) is 9.23 Å². The zero-order valence-electron chi connectivity index (χ0n) is 16.5. The van der Waals surface area contributed by atoms with Crippen LogP contribution in [0.25, 0.3) is 5.57 Å². The molecule has 0 spiro atoms. The molecule has 0 aliphatic heterocycles. The van der Waals surface area contributed by atoms with E-state index in [9.17, 15) is 17.6 Å². The van der Waals surface area contributed by atoms with Crippen LogP contribution in [0.5, 0.6) is 5.75 Å². The van der Waals surface area contributed by atoms with Crippen LogP contribution in [0.1, 0.15) is 70.3 Å². The van der Waals surface area contributed by atoms with Crippen molar-refractivity contribution < 1.29 is 22.3 Å². The maximum Gasteiger partial charge on any atom is 0.272 e. The van der Waals surface area contributed by atoms with Crippen LogP contribution in [-0.4, -0.2) is 13.0 Å². The third kappa shape index (κ3) is 5.09. The number of allylic oxidation sites excluding steroid dienone is 2. The van der Waals surface area contributed by atoms with Crippen molar-refractivity contribution in [1.82, 2.24) is 0 Å². The highest BCUT2D eigenvalue weighted by Gasteiger charge is 2.29. The fourth-order valence-corrected chi connectivity index (χ4v) is 4.93. The molecule has 0 radical (unpaired) electrons. The fraction of sp³-hybridized carbons (Fsp3) is 0.652. The molecule has 2 aliphatic carbocycles. The van der Waals surface area contributed by atoms with Crippen LogP contribution in [0.3, 0.4) is 0 Å². The van der Waals surface area contributed by atoms with E-state index in [0.717, 1.165) is 36.7 Å². The number of halogens is 4. The first kappa shape index (κ1) is 21.2. The van der Waals surface area contributed by atoms with Gasteiger partial charge in [0.15, 0.2) is 11.6 Å². The second-order valence-electron chi connectivity index (χ2n) is 8.27. The molecule has 1 nitrogen and oxygen atoms in total. The van der Waals surface area contributed by atoms with E-state index in [1.165, 1.54) is 50.7 Å². The summed E-state index contributed by atoms with van der Waals surface area (Å²) in [5.41, 5.74) is 1.04.